The van der Waals surface area contributed by atoms with Crippen molar-refractivity contribution in [1.82, 2.24) is 4.98 Å². The number of halogens is 5. The van der Waals surface area contributed by atoms with Crippen molar-refractivity contribution >= 4 is 33.3 Å². The smallest absolute Gasteiger partial charge is 0.416 e. The van der Waals surface area contributed by atoms with Crippen LogP contribution >= 0.6 is 27.5 Å². The van der Waals surface area contributed by atoms with E-state index < -0.39 is 11.7 Å². The third-order valence-electron chi connectivity index (χ3n) is 2.26. The fourth-order valence-electron chi connectivity index (χ4n) is 1.41. The van der Waals surface area contributed by atoms with Crippen LogP contribution in [0.1, 0.15) is 5.56 Å². The average molecular weight is 368 g/mol. The molecule has 3 nitrogen and oxygen atoms in total. The van der Waals surface area contributed by atoms with Gasteiger partial charge in [-0.05, 0) is 24.3 Å². The Morgan fingerprint density at radius 3 is 2.55 bits per heavy atom. The molecule has 1 aromatic heterocycles. The van der Waals surface area contributed by atoms with Gasteiger partial charge >= 0.3 is 6.18 Å². The number of benzene rings is 1. The molecule has 0 saturated heterocycles. The Labute approximate surface area is 125 Å². The third kappa shape index (κ3) is 3.55. The Morgan fingerprint density at radius 2 is 1.90 bits per heavy atom. The molecule has 8 heteroatoms. The van der Waals surface area contributed by atoms with Crippen molar-refractivity contribution in [3.63, 3.8) is 0 Å². The molecule has 0 unspecified atom stereocenters. The molecule has 0 aliphatic heterocycles. The van der Waals surface area contributed by atoms with Crippen LogP contribution in [0.2, 0.25) is 5.02 Å². The fraction of sp³-hybridized carbons (Fsp3) is 0.0833. The highest BCUT2D eigenvalue weighted by Crippen LogP contribution is 2.35. The predicted octanol–water partition coefficient (Wildman–Crippen LogP) is 4.89. The molecule has 2 N–H and O–H groups in total. The highest BCUT2D eigenvalue weighted by molar-refractivity contribution is 9.10. The van der Waals surface area contributed by atoms with E-state index in [2.05, 4.69) is 20.9 Å². The lowest BCUT2D eigenvalue weighted by atomic mass is 10.2. The quantitative estimate of drug-likeness (QED) is 0.822. The van der Waals surface area contributed by atoms with Gasteiger partial charge in [0.2, 0.25) is 5.88 Å². The maximum absolute atomic E-state index is 12.7. The summed E-state index contributed by atoms with van der Waals surface area (Å²) < 4.78 is 43.9. The lowest BCUT2D eigenvalue weighted by molar-refractivity contribution is -0.137. The van der Waals surface area contributed by atoms with Crippen molar-refractivity contribution in [1.29, 1.82) is 0 Å². The Kier molecular flexibility index (Phi) is 4.10. The Hall–Kier alpha value is -1.47. The van der Waals surface area contributed by atoms with E-state index in [0.29, 0.717) is 4.47 Å². The van der Waals surface area contributed by atoms with Gasteiger partial charge in [-0.3, -0.25) is 0 Å². The van der Waals surface area contributed by atoms with Crippen molar-refractivity contribution in [2.45, 2.75) is 6.18 Å². The van der Waals surface area contributed by atoms with Gasteiger partial charge in [-0.2, -0.15) is 18.2 Å². The molecule has 2 rings (SSSR count). The third-order valence-corrected chi connectivity index (χ3v) is 3.06. The van der Waals surface area contributed by atoms with Crippen LogP contribution in [0.4, 0.5) is 19.0 Å². The van der Waals surface area contributed by atoms with Gasteiger partial charge in [0, 0.05) is 10.5 Å². The maximum atomic E-state index is 12.7. The number of pyridine rings is 1. The number of hydrogen-bond donors (Lipinski definition) is 1. The number of hydrogen-bond acceptors (Lipinski definition) is 3. The maximum Gasteiger partial charge on any atom is 0.416 e. The summed E-state index contributed by atoms with van der Waals surface area (Å²) >= 11 is 9.10. The van der Waals surface area contributed by atoms with E-state index >= 15 is 0 Å². The summed E-state index contributed by atoms with van der Waals surface area (Å²) in [5.41, 5.74) is 4.41. The van der Waals surface area contributed by atoms with Gasteiger partial charge < -0.3 is 10.5 Å². The molecule has 20 heavy (non-hydrogen) atoms. The van der Waals surface area contributed by atoms with Gasteiger partial charge in [-0.25, -0.2) is 0 Å². The number of aromatic nitrogens is 1. The monoisotopic (exact) mass is 366 g/mol. The number of alkyl halides is 3. The van der Waals surface area contributed by atoms with Gasteiger partial charge in [0.1, 0.15) is 11.6 Å². The molecule has 1 heterocycles. The van der Waals surface area contributed by atoms with E-state index in [1.54, 1.807) is 6.07 Å². The zero-order chi connectivity index (χ0) is 14.9. The first kappa shape index (κ1) is 14.9. The fourth-order valence-corrected chi connectivity index (χ4v) is 1.91. The highest BCUT2D eigenvalue weighted by Gasteiger charge is 2.31. The lowest BCUT2D eigenvalue weighted by Crippen LogP contribution is -2.07. The van der Waals surface area contributed by atoms with E-state index in [1.807, 2.05) is 0 Å². The summed E-state index contributed by atoms with van der Waals surface area (Å²) in [4.78, 5) is 3.70. The number of nitrogens with two attached hydrogens (primary N) is 1. The Bertz CT molecular complexity index is 649. The Balaban J connectivity index is 2.39. The first-order valence-electron chi connectivity index (χ1n) is 5.23. The van der Waals surface area contributed by atoms with Gasteiger partial charge in [-0.15, -0.1) is 0 Å². The van der Waals surface area contributed by atoms with Crippen molar-refractivity contribution in [3.8, 4) is 11.6 Å². The van der Waals surface area contributed by atoms with Crippen LogP contribution in [0.15, 0.2) is 34.8 Å². The molecular weight excluding hydrogens is 360 g/mol. The molecule has 0 aliphatic carbocycles. The standard InChI is InChI=1S/C12H7BrClF3N2O/c13-7-1-2-8(14)9(5-7)20-11-4-6(12(15,16)17)3-10(18)19-11/h1-5H,(H2,18,19). The zero-order valence-corrected chi connectivity index (χ0v) is 12.1. The molecule has 0 atom stereocenters. The van der Waals surface area contributed by atoms with Crippen LogP contribution in [-0.4, -0.2) is 4.98 Å². The molecule has 0 bridgehead atoms. The average Bonchev–Trinajstić information content (AvgIpc) is 2.32. The largest absolute Gasteiger partial charge is 0.437 e. The van der Waals surface area contributed by atoms with Crippen LogP contribution in [0.5, 0.6) is 11.6 Å². The predicted molar refractivity (Wildman–Crippen MR) is 72.9 cm³/mol. The summed E-state index contributed by atoms with van der Waals surface area (Å²) in [6, 6.07) is 6.21. The zero-order valence-electron chi connectivity index (χ0n) is 9.71. The van der Waals surface area contributed by atoms with E-state index in [-0.39, 0.29) is 22.5 Å². The molecule has 0 spiro atoms. The summed E-state index contributed by atoms with van der Waals surface area (Å²) in [5, 5.41) is 0.242. The van der Waals surface area contributed by atoms with Crippen LogP contribution in [0.25, 0.3) is 0 Å². The molecule has 2 aromatic rings. The van der Waals surface area contributed by atoms with Crippen molar-refractivity contribution in [2.24, 2.45) is 0 Å². The molecule has 106 valence electrons. The molecule has 0 saturated carbocycles. The summed E-state index contributed by atoms with van der Waals surface area (Å²) in [7, 11) is 0. The number of rotatable bonds is 2. The van der Waals surface area contributed by atoms with Crippen LogP contribution in [0, 0.1) is 0 Å². The molecule has 0 fully saturated rings. The minimum absolute atomic E-state index is 0.173. The molecule has 0 radical (unpaired) electrons. The number of ether oxygens (including phenoxy) is 1. The summed E-state index contributed by atoms with van der Waals surface area (Å²) in [5.74, 6) is -0.398. The first-order valence-corrected chi connectivity index (χ1v) is 6.40. The second kappa shape index (κ2) is 5.49. The van der Waals surface area contributed by atoms with E-state index in [9.17, 15) is 13.2 Å². The topological polar surface area (TPSA) is 48.1 Å². The Morgan fingerprint density at radius 1 is 1.20 bits per heavy atom. The van der Waals surface area contributed by atoms with Gasteiger partial charge in [0.25, 0.3) is 0 Å². The summed E-state index contributed by atoms with van der Waals surface area (Å²) in [6.45, 7) is 0. The SMILES string of the molecule is Nc1cc(C(F)(F)F)cc(Oc2cc(Br)ccc2Cl)n1. The molecule has 1 aromatic carbocycles. The van der Waals surface area contributed by atoms with Crippen molar-refractivity contribution < 1.29 is 17.9 Å². The molecular formula is C12H7BrClF3N2O. The van der Waals surface area contributed by atoms with Gasteiger partial charge in [0.15, 0.2) is 0 Å². The van der Waals surface area contributed by atoms with E-state index in [0.717, 1.165) is 12.1 Å². The van der Waals surface area contributed by atoms with Crippen molar-refractivity contribution in [3.05, 3.63) is 45.4 Å². The number of anilines is 1. The van der Waals surface area contributed by atoms with Crippen LogP contribution in [0.3, 0.4) is 0 Å². The van der Waals surface area contributed by atoms with Crippen LogP contribution < -0.4 is 10.5 Å². The van der Waals surface area contributed by atoms with Crippen LogP contribution in [-0.2, 0) is 6.18 Å². The second-order valence-corrected chi connectivity index (χ2v) is 5.12. The lowest BCUT2D eigenvalue weighted by Gasteiger charge is -2.11. The van der Waals surface area contributed by atoms with E-state index in [4.69, 9.17) is 22.1 Å². The number of nitrogens with zero attached hydrogens (tertiary/aromatic N) is 1. The number of nitrogen functional groups attached to an aromatic ring is 1. The van der Waals surface area contributed by atoms with Crippen molar-refractivity contribution in [2.75, 3.05) is 5.73 Å². The summed E-state index contributed by atoms with van der Waals surface area (Å²) in [6.07, 6.45) is -4.53. The highest BCUT2D eigenvalue weighted by atomic mass is 79.9. The molecule has 0 aliphatic rings. The minimum atomic E-state index is -4.53. The molecule has 0 amide bonds. The second-order valence-electron chi connectivity index (χ2n) is 3.79. The first-order chi connectivity index (χ1) is 9.25. The van der Waals surface area contributed by atoms with E-state index in [1.165, 1.54) is 12.1 Å². The van der Waals surface area contributed by atoms with Gasteiger partial charge in [0.05, 0.1) is 10.6 Å². The van der Waals surface area contributed by atoms with Gasteiger partial charge in [-0.1, -0.05) is 27.5 Å². The normalized spacial score (nSPS) is 11.4. The minimum Gasteiger partial charge on any atom is -0.437 e.